The van der Waals surface area contributed by atoms with Gasteiger partial charge in [0.25, 0.3) is 11.8 Å². The average Bonchev–Trinajstić information content (AvgIpc) is 3.30. The van der Waals surface area contributed by atoms with Crippen LogP contribution in [0.3, 0.4) is 0 Å². The molecular weight excluding hydrogens is 394 g/mol. The van der Waals surface area contributed by atoms with E-state index in [-0.39, 0.29) is 23.4 Å². The van der Waals surface area contributed by atoms with Crippen molar-refractivity contribution < 1.29 is 23.9 Å². The zero-order valence-electron chi connectivity index (χ0n) is 16.4. The zero-order chi connectivity index (χ0) is 21.0. The number of thioether (sulfide) groups is 1. The number of hydrogen-bond donors (Lipinski definition) is 1. The van der Waals surface area contributed by atoms with Crippen molar-refractivity contribution >= 4 is 35.5 Å². The minimum atomic E-state index is -1.36. The number of Topliss-reactive ketones (excluding diaryl/α,β-unsaturated/α-hetero) is 1. The van der Waals surface area contributed by atoms with Gasteiger partial charge in [-0.3, -0.25) is 24.2 Å². The molecule has 29 heavy (non-hydrogen) atoms. The molecule has 0 spiro atoms. The third-order valence-corrected chi connectivity index (χ3v) is 6.46. The molecule has 1 aromatic rings. The van der Waals surface area contributed by atoms with Crippen LogP contribution in [0.2, 0.25) is 0 Å². The Bertz CT molecular complexity index is 789. The SMILES string of the molecule is CC(=O)C(CSCCCN1C(=O)c2ccccc2C1=O)(OC(N)=O)N1CCCC1. The first-order valence-corrected chi connectivity index (χ1v) is 10.8. The first-order chi connectivity index (χ1) is 13.9. The van der Waals surface area contributed by atoms with Gasteiger partial charge in [-0.2, -0.15) is 11.8 Å². The van der Waals surface area contributed by atoms with Gasteiger partial charge in [0.15, 0.2) is 5.78 Å². The Kier molecular flexibility index (Phi) is 6.59. The second-order valence-electron chi connectivity index (χ2n) is 7.17. The van der Waals surface area contributed by atoms with E-state index in [4.69, 9.17) is 10.5 Å². The van der Waals surface area contributed by atoms with Crippen molar-refractivity contribution in [3.63, 3.8) is 0 Å². The number of nitrogens with two attached hydrogens (primary N) is 1. The number of benzene rings is 1. The summed E-state index contributed by atoms with van der Waals surface area (Å²) in [6, 6.07) is 6.79. The van der Waals surface area contributed by atoms with Crippen molar-refractivity contribution in [3.05, 3.63) is 35.4 Å². The summed E-state index contributed by atoms with van der Waals surface area (Å²) in [6.45, 7) is 3.04. The maximum absolute atomic E-state index is 12.4. The van der Waals surface area contributed by atoms with Crippen LogP contribution in [0.15, 0.2) is 24.3 Å². The lowest BCUT2D eigenvalue weighted by atomic mass is 10.1. The summed E-state index contributed by atoms with van der Waals surface area (Å²) in [4.78, 5) is 51.7. The fraction of sp³-hybridized carbons (Fsp3) is 0.500. The molecule has 0 bridgehead atoms. The lowest BCUT2D eigenvalue weighted by molar-refractivity contribution is -0.151. The van der Waals surface area contributed by atoms with Crippen molar-refractivity contribution in [1.82, 2.24) is 9.80 Å². The van der Waals surface area contributed by atoms with Crippen molar-refractivity contribution in [2.24, 2.45) is 5.73 Å². The fourth-order valence-electron chi connectivity index (χ4n) is 3.80. The Morgan fingerprint density at radius 2 is 1.72 bits per heavy atom. The van der Waals surface area contributed by atoms with E-state index in [0.717, 1.165) is 12.8 Å². The number of imide groups is 1. The Hall–Kier alpha value is -2.39. The van der Waals surface area contributed by atoms with Crippen LogP contribution in [0.5, 0.6) is 0 Å². The van der Waals surface area contributed by atoms with E-state index in [0.29, 0.717) is 42.9 Å². The molecule has 0 aromatic heterocycles. The predicted molar refractivity (Wildman–Crippen MR) is 109 cm³/mol. The molecule has 2 aliphatic rings. The molecule has 1 saturated heterocycles. The molecule has 3 amide bonds. The number of nitrogens with zero attached hydrogens (tertiary/aromatic N) is 2. The average molecular weight is 420 g/mol. The van der Waals surface area contributed by atoms with Gasteiger partial charge < -0.3 is 10.5 Å². The van der Waals surface area contributed by atoms with Gasteiger partial charge in [-0.15, -0.1) is 0 Å². The van der Waals surface area contributed by atoms with Gasteiger partial charge in [0.05, 0.1) is 16.9 Å². The molecule has 1 fully saturated rings. The molecule has 0 aliphatic carbocycles. The fourth-order valence-corrected chi connectivity index (χ4v) is 5.00. The number of carbonyl (C=O) groups is 4. The van der Waals surface area contributed by atoms with Gasteiger partial charge in [0.1, 0.15) is 0 Å². The van der Waals surface area contributed by atoms with Gasteiger partial charge in [-0.05, 0) is 37.1 Å². The second kappa shape index (κ2) is 8.96. The number of carbonyl (C=O) groups excluding carboxylic acids is 4. The number of ketones is 1. The van der Waals surface area contributed by atoms with Crippen LogP contribution in [0.25, 0.3) is 0 Å². The van der Waals surface area contributed by atoms with Crippen LogP contribution in [-0.2, 0) is 9.53 Å². The molecule has 1 atom stereocenters. The smallest absolute Gasteiger partial charge is 0.406 e. The highest BCUT2D eigenvalue weighted by atomic mass is 32.2. The maximum Gasteiger partial charge on any atom is 0.406 e. The van der Waals surface area contributed by atoms with Gasteiger partial charge in [0, 0.05) is 26.6 Å². The summed E-state index contributed by atoms with van der Waals surface area (Å²) in [5, 5.41) is 0. The van der Waals surface area contributed by atoms with Crippen molar-refractivity contribution in [3.8, 4) is 0 Å². The van der Waals surface area contributed by atoms with E-state index in [1.807, 2.05) is 4.90 Å². The monoisotopic (exact) mass is 419 g/mol. The van der Waals surface area contributed by atoms with Gasteiger partial charge in [-0.1, -0.05) is 12.1 Å². The predicted octanol–water partition coefficient (Wildman–Crippen LogP) is 1.88. The number of primary amides is 1. The number of likely N-dealkylation sites (tertiary alicyclic amines) is 1. The van der Waals surface area contributed by atoms with E-state index in [2.05, 4.69) is 0 Å². The molecule has 2 aliphatic heterocycles. The molecule has 1 unspecified atom stereocenters. The van der Waals surface area contributed by atoms with Gasteiger partial charge in [-0.25, -0.2) is 4.79 Å². The van der Waals surface area contributed by atoms with E-state index >= 15 is 0 Å². The molecule has 8 nitrogen and oxygen atoms in total. The first-order valence-electron chi connectivity index (χ1n) is 9.64. The van der Waals surface area contributed by atoms with Gasteiger partial charge in [0.2, 0.25) is 5.72 Å². The van der Waals surface area contributed by atoms with Crippen LogP contribution in [-0.4, -0.2) is 70.4 Å². The Morgan fingerprint density at radius 3 is 2.24 bits per heavy atom. The molecule has 2 heterocycles. The summed E-state index contributed by atoms with van der Waals surface area (Å²) >= 11 is 1.44. The molecule has 0 radical (unpaired) electrons. The largest absolute Gasteiger partial charge is 0.419 e. The number of ether oxygens (including phenoxy) is 1. The van der Waals surface area contributed by atoms with E-state index < -0.39 is 11.8 Å². The molecule has 1 aromatic carbocycles. The van der Waals surface area contributed by atoms with Crippen molar-refractivity contribution in [2.45, 2.75) is 31.9 Å². The molecule has 0 saturated carbocycles. The molecule has 3 rings (SSSR count). The number of hydrogen-bond acceptors (Lipinski definition) is 7. The lowest BCUT2D eigenvalue weighted by Gasteiger charge is -2.38. The van der Waals surface area contributed by atoms with E-state index in [9.17, 15) is 19.2 Å². The molecular formula is C20H25N3O5S. The highest BCUT2D eigenvalue weighted by molar-refractivity contribution is 7.99. The zero-order valence-corrected chi connectivity index (χ0v) is 17.2. The molecule has 2 N–H and O–H groups in total. The standard InChI is InChI=1S/C20H25N3O5S/c1-14(24)20(28-19(21)27,22-9-4-5-10-22)13-29-12-6-11-23-17(25)15-7-2-3-8-16(15)18(23)26/h2-3,7-8H,4-6,9-13H2,1H3,(H2,21,27). The molecule has 156 valence electrons. The minimum Gasteiger partial charge on any atom is -0.419 e. The maximum atomic E-state index is 12.4. The third kappa shape index (κ3) is 4.30. The third-order valence-electron chi connectivity index (χ3n) is 5.28. The topological polar surface area (TPSA) is 110 Å². The highest BCUT2D eigenvalue weighted by Gasteiger charge is 2.46. The van der Waals surface area contributed by atoms with Crippen LogP contribution in [0.1, 0.15) is 46.9 Å². The summed E-state index contributed by atoms with van der Waals surface area (Å²) in [5.41, 5.74) is 4.75. The van der Waals surface area contributed by atoms with E-state index in [1.165, 1.54) is 23.6 Å². The van der Waals surface area contributed by atoms with E-state index in [1.54, 1.807) is 24.3 Å². The summed E-state index contributed by atoms with van der Waals surface area (Å²) in [6.07, 6.45) is 1.46. The number of amides is 3. The Labute approximate surface area is 173 Å². The normalized spacial score (nSPS) is 18.6. The van der Waals surface area contributed by atoms with Crippen molar-refractivity contribution in [2.75, 3.05) is 31.1 Å². The van der Waals surface area contributed by atoms with Crippen LogP contribution >= 0.6 is 11.8 Å². The van der Waals surface area contributed by atoms with Gasteiger partial charge >= 0.3 is 6.09 Å². The molecule has 9 heteroatoms. The van der Waals surface area contributed by atoms with Crippen molar-refractivity contribution in [1.29, 1.82) is 0 Å². The Balaban J connectivity index is 1.55. The number of fused-ring (bicyclic) bond motifs is 1. The first kappa shape index (κ1) is 21.3. The van der Waals surface area contributed by atoms with Crippen LogP contribution < -0.4 is 5.73 Å². The lowest BCUT2D eigenvalue weighted by Crippen LogP contribution is -2.58. The van der Waals surface area contributed by atoms with Crippen LogP contribution in [0.4, 0.5) is 4.79 Å². The minimum absolute atomic E-state index is 0.257. The van der Waals surface area contributed by atoms with Crippen LogP contribution in [0, 0.1) is 0 Å². The second-order valence-corrected chi connectivity index (χ2v) is 8.27. The summed E-state index contributed by atoms with van der Waals surface area (Å²) in [7, 11) is 0. The summed E-state index contributed by atoms with van der Waals surface area (Å²) < 4.78 is 5.32. The Morgan fingerprint density at radius 1 is 1.14 bits per heavy atom. The number of rotatable bonds is 9. The quantitative estimate of drug-likeness (QED) is 0.481. The highest BCUT2D eigenvalue weighted by Crippen LogP contribution is 2.29. The summed E-state index contributed by atoms with van der Waals surface area (Å²) in [5.74, 6) is 0.0443.